The summed E-state index contributed by atoms with van der Waals surface area (Å²) in [5, 5.41) is 5.17. The van der Waals surface area contributed by atoms with Crippen LogP contribution in [0.15, 0.2) is 255 Å². The molecule has 2 heteroatoms. The Kier molecular flexibility index (Phi) is 8.23. The number of fused-ring (bicyclic) bond motifs is 10. The third-order valence-electron chi connectivity index (χ3n) is 14.6. The Morgan fingerprint density at radius 3 is 1.43 bits per heavy atom. The minimum Gasteiger partial charge on any atom is -0.310 e. The molecule has 312 valence electrons. The van der Waals surface area contributed by atoms with Gasteiger partial charge in [0.15, 0.2) is 0 Å². The zero-order chi connectivity index (χ0) is 44.1. The number of benzene rings is 11. The fourth-order valence-corrected chi connectivity index (χ4v) is 11.6. The summed E-state index contributed by atoms with van der Waals surface area (Å²) in [5.41, 5.74) is 21.8. The van der Waals surface area contributed by atoms with Crippen molar-refractivity contribution in [2.24, 2.45) is 0 Å². The third kappa shape index (κ3) is 5.57. The summed E-state index contributed by atoms with van der Waals surface area (Å²) in [6.07, 6.45) is 0. The molecule has 67 heavy (non-hydrogen) atoms. The van der Waals surface area contributed by atoms with Crippen LogP contribution >= 0.6 is 0 Å². The van der Waals surface area contributed by atoms with Crippen molar-refractivity contribution >= 4 is 49.6 Å². The van der Waals surface area contributed by atoms with Gasteiger partial charge in [-0.3, -0.25) is 0 Å². The van der Waals surface area contributed by atoms with Crippen molar-refractivity contribution in [3.8, 4) is 50.2 Å². The second-order valence-corrected chi connectivity index (χ2v) is 18.0. The summed E-state index contributed by atoms with van der Waals surface area (Å²) in [5.74, 6) is 0. The Balaban J connectivity index is 0.938. The van der Waals surface area contributed by atoms with Crippen LogP contribution in [0.5, 0.6) is 0 Å². The topological polar surface area (TPSA) is 8.17 Å². The number of para-hydroxylation sites is 1. The lowest BCUT2D eigenvalue weighted by Gasteiger charge is -2.43. The lowest BCUT2D eigenvalue weighted by Crippen LogP contribution is -2.36. The number of hydrogen-bond donors (Lipinski definition) is 0. The lowest BCUT2D eigenvalue weighted by molar-refractivity contribution is 0.745. The van der Waals surface area contributed by atoms with E-state index in [2.05, 4.69) is 264 Å². The number of anilines is 3. The highest BCUT2D eigenvalue weighted by Crippen LogP contribution is 2.64. The molecule has 14 rings (SSSR count). The van der Waals surface area contributed by atoms with Crippen molar-refractivity contribution in [3.63, 3.8) is 0 Å². The highest BCUT2D eigenvalue weighted by molar-refractivity contribution is 6.11. The predicted octanol–water partition coefficient (Wildman–Crippen LogP) is 17.1. The Morgan fingerprint density at radius 1 is 0.299 bits per heavy atom. The molecule has 0 saturated heterocycles. The minimum absolute atomic E-state index is 0.398. The van der Waals surface area contributed by atoms with Gasteiger partial charge in [0, 0.05) is 33.5 Å². The molecule has 0 aliphatic heterocycles. The third-order valence-corrected chi connectivity index (χ3v) is 14.6. The van der Waals surface area contributed by atoms with E-state index in [1.54, 1.807) is 0 Å². The van der Waals surface area contributed by atoms with Crippen LogP contribution in [-0.2, 0) is 5.41 Å². The van der Waals surface area contributed by atoms with Crippen LogP contribution in [0.1, 0.15) is 22.3 Å². The van der Waals surface area contributed by atoms with Gasteiger partial charge in [-0.2, -0.15) is 0 Å². The largest absolute Gasteiger partial charge is 0.310 e. The molecule has 0 amide bonds. The Labute approximate surface area is 389 Å². The summed E-state index contributed by atoms with van der Waals surface area (Å²) in [6.45, 7) is 0. The lowest BCUT2D eigenvalue weighted by atomic mass is 9.57. The number of nitrogens with zero attached hydrogens (tertiary/aromatic N) is 2. The van der Waals surface area contributed by atoms with Gasteiger partial charge >= 0.3 is 0 Å². The van der Waals surface area contributed by atoms with Crippen molar-refractivity contribution in [1.29, 1.82) is 0 Å². The molecule has 0 bridgehead atoms. The quantitative estimate of drug-likeness (QED) is 0.155. The van der Waals surface area contributed by atoms with Crippen molar-refractivity contribution in [2.75, 3.05) is 4.90 Å². The van der Waals surface area contributed by atoms with Gasteiger partial charge in [0.1, 0.15) is 0 Å². The molecular formula is C65H42N2. The van der Waals surface area contributed by atoms with E-state index in [9.17, 15) is 0 Å². The summed E-state index contributed by atoms with van der Waals surface area (Å²) >= 11 is 0. The molecule has 2 aliphatic rings. The summed E-state index contributed by atoms with van der Waals surface area (Å²) < 4.78 is 2.41. The standard InChI is InChI=1S/C65H42N2/c1-4-14-43(15-5-1)46-26-30-50(31-27-46)66(51-32-34-52(35-33-51)67-62-25-11-10-22-56(62)57-40-48(29-39-63(57)67)44-16-6-2-7-17-44)53-36-38-55-54-37-28-49(45-18-8-3-9-19-45)41-60(54)65(61(55)42-53)58-23-12-20-47-21-13-24-59(65)64(47)58/h1-42H. The molecule has 0 fully saturated rings. The summed E-state index contributed by atoms with van der Waals surface area (Å²) in [6, 6.07) is 94.1. The first kappa shape index (κ1) is 37.6. The summed E-state index contributed by atoms with van der Waals surface area (Å²) in [7, 11) is 0. The van der Waals surface area contributed by atoms with Gasteiger partial charge in [0.2, 0.25) is 0 Å². The first-order valence-electron chi connectivity index (χ1n) is 23.2. The van der Waals surface area contributed by atoms with Crippen LogP contribution in [0.4, 0.5) is 17.1 Å². The molecule has 2 aliphatic carbocycles. The summed E-state index contributed by atoms with van der Waals surface area (Å²) in [4.78, 5) is 2.44. The highest BCUT2D eigenvalue weighted by atomic mass is 15.1. The van der Waals surface area contributed by atoms with Crippen LogP contribution in [0.2, 0.25) is 0 Å². The van der Waals surface area contributed by atoms with Crippen LogP contribution in [0.25, 0.3) is 82.8 Å². The smallest absolute Gasteiger partial charge is 0.0726 e. The van der Waals surface area contributed by atoms with Gasteiger partial charge in [-0.25, -0.2) is 0 Å². The van der Waals surface area contributed by atoms with Gasteiger partial charge in [0.25, 0.3) is 0 Å². The molecule has 0 saturated carbocycles. The van der Waals surface area contributed by atoms with E-state index in [1.807, 2.05) is 0 Å². The van der Waals surface area contributed by atoms with E-state index in [0.29, 0.717) is 0 Å². The molecule has 11 aromatic carbocycles. The highest BCUT2D eigenvalue weighted by Gasteiger charge is 2.53. The monoisotopic (exact) mass is 850 g/mol. The molecule has 2 nitrogen and oxygen atoms in total. The number of rotatable bonds is 7. The Hall–Kier alpha value is -8.72. The van der Waals surface area contributed by atoms with Crippen LogP contribution in [-0.4, -0.2) is 4.57 Å². The molecule has 0 atom stereocenters. The van der Waals surface area contributed by atoms with Crippen molar-refractivity contribution in [2.45, 2.75) is 5.41 Å². The zero-order valence-corrected chi connectivity index (χ0v) is 36.6. The van der Waals surface area contributed by atoms with Crippen molar-refractivity contribution < 1.29 is 0 Å². The SMILES string of the molecule is c1ccc(-c2ccc(N(c3ccc(-n4c5ccccc5c5cc(-c6ccccc6)ccc54)cc3)c3ccc4c(c3)C3(c5cc(-c6ccccc6)ccc5-4)c4cccc5cccc3c45)cc2)cc1. The van der Waals surface area contributed by atoms with Crippen LogP contribution in [0.3, 0.4) is 0 Å². The van der Waals surface area contributed by atoms with E-state index in [1.165, 1.54) is 99.3 Å². The molecule has 0 radical (unpaired) electrons. The van der Waals surface area contributed by atoms with Gasteiger partial charge < -0.3 is 9.47 Å². The number of hydrogen-bond acceptors (Lipinski definition) is 1. The molecule has 1 heterocycles. The van der Waals surface area contributed by atoms with Gasteiger partial charge in [-0.1, -0.05) is 182 Å². The zero-order valence-electron chi connectivity index (χ0n) is 36.6. The molecule has 1 aromatic heterocycles. The van der Waals surface area contributed by atoms with Crippen LogP contribution in [0, 0.1) is 0 Å². The molecule has 0 N–H and O–H groups in total. The van der Waals surface area contributed by atoms with Gasteiger partial charge in [0.05, 0.1) is 16.4 Å². The van der Waals surface area contributed by atoms with Crippen LogP contribution < -0.4 is 4.90 Å². The van der Waals surface area contributed by atoms with E-state index in [0.717, 1.165) is 22.7 Å². The van der Waals surface area contributed by atoms with E-state index in [-0.39, 0.29) is 0 Å². The Bertz CT molecular complexity index is 3850. The number of aromatic nitrogens is 1. The first-order chi connectivity index (χ1) is 33.2. The maximum Gasteiger partial charge on any atom is 0.0726 e. The predicted molar refractivity (Wildman–Crippen MR) is 280 cm³/mol. The van der Waals surface area contributed by atoms with Crippen molar-refractivity contribution in [1.82, 2.24) is 4.57 Å². The van der Waals surface area contributed by atoms with Gasteiger partial charge in [-0.05, 0) is 150 Å². The van der Waals surface area contributed by atoms with E-state index >= 15 is 0 Å². The fraction of sp³-hybridized carbons (Fsp3) is 0.0154. The van der Waals surface area contributed by atoms with E-state index in [4.69, 9.17) is 0 Å². The van der Waals surface area contributed by atoms with Gasteiger partial charge in [-0.15, -0.1) is 0 Å². The molecule has 12 aromatic rings. The van der Waals surface area contributed by atoms with Crippen molar-refractivity contribution in [3.05, 3.63) is 277 Å². The maximum atomic E-state index is 2.49. The van der Waals surface area contributed by atoms with E-state index < -0.39 is 5.41 Å². The first-order valence-corrected chi connectivity index (χ1v) is 23.2. The second-order valence-electron chi connectivity index (χ2n) is 18.0. The second kappa shape index (κ2) is 14.7. The maximum absolute atomic E-state index is 2.49. The average Bonchev–Trinajstić information content (AvgIpc) is 3.90. The molecular weight excluding hydrogens is 809 g/mol. The Morgan fingerprint density at radius 2 is 0.776 bits per heavy atom. The molecule has 0 unspecified atom stereocenters. The fourth-order valence-electron chi connectivity index (χ4n) is 11.6. The molecule has 1 spiro atoms. The normalized spacial score (nSPS) is 12.9. The average molecular weight is 851 g/mol. The minimum atomic E-state index is -0.398.